The van der Waals surface area contributed by atoms with E-state index in [9.17, 15) is 4.79 Å². The molecule has 1 amide bonds. The van der Waals surface area contributed by atoms with Crippen LogP contribution in [0.4, 0.5) is 17.2 Å². The molecule has 0 radical (unpaired) electrons. The SMILES string of the molecule is Cc1ccc(Nc2ccc(NC(=O)COc3ccccc3)cc2)nn1. The van der Waals surface area contributed by atoms with Crippen LogP contribution in [0, 0.1) is 6.92 Å². The van der Waals surface area contributed by atoms with Gasteiger partial charge in [-0.15, -0.1) is 5.10 Å². The van der Waals surface area contributed by atoms with E-state index in [0.717, 1.165) is 11.4 Å². The molecule has 0 saturated heterocycles. The van der Waals surface area contributed by atoms with Crippen LogP contribution in [-0.4, -0.2) is 22.7 Å². The molecule has 0 bridgehead atoms. The fourth-order valence-corrected chi connectivity index (χ4v) is 2.11. The zero-order valence-electron chi connectivity index (χ0n) is 13.8. The zero-order valence-corrected chi connectivity index (χ0v) is 13.8. The van der Waals surface area contributed by atoms with E-state index in [2.05, 4.69) is 20.8 Å². The molecule has 0 saturated carbocycles. The van der Waals surface area contributed by atoms with Gasteiger partial charge in [0.1, 0.15) is 5.75 Å². The van der Waals surface area contributed by atoms with Gasteiger partial charge in [-0.05, 0) is 55.5 Å². The largest absolute Gasteiger partial charge is 0.484 e. The van der Waals surface area contributed by atoms with E-state index in [1.807, 2.05) is 73.7 Å². The van der Waals surface area contributed by atoms with Gasteiger partial charge in [-0.1, -0.05) is 18.2 Å². The lowest BCUT2D eigenvalue weighted by Crippen LogP contribution is -2.20. The van der Waals surface area contributed by atoms with Crippen LogP contribution in [0.3, 0.4) is 0 Å². The number of carbonyl (C=O) groups excluding carboxylic acids is 1. The Balaban J connectivity index is 1.51. The van der Waals surface area contributed by atoms with Crippen LogP contribution in [-0.2, 0) is 4.79 Å². The van der Waals surface area contributed by atoms with E-state index in [1.54, 1.807) is 0 Å². The monoisotopic (exact) mass is 334 g/mol. The Labute approximate surface area is 145 Å². The number of aryl methyl sites for hydroxylation is 1. The molecule has 0 spiro atoms. The number of hydrogen-bond acceptors (Lipinski definition) is 5. The summed E-state index contributed by atoms with van der Waals surface area (Å²) in [6, 6.07) is 20.3. The third-order valence-electron chi connectivity index (χ3n) is 3.35. The molecule has 0 atom stereocenters. The molecule has 1 heterocycles. The van der Waals surface area contributed by atoms with E-state index >= 15 is 0 Å². The van der Waals surface area contributed by atoms with E-state index < -0.39 is 0 Å². The van der Waals surface area contributed by atoms with Crippen LogP contribution in [0.15, 0.2) is 66.7 Å². The number of rotatable bonds is 6. The van der Waals surface area contributed by atoms with Crippen molar-refractivity contribution < 1.29 is 9.53 Å². The highest BCUT2D eigenvalue weighted by atomic mass is 16.5. The van der Waals surface area contributed by atoms with Crippen LogP contribution >= 0.6 is 0 Å². The first-order chi connectivity index (χ1) is 12.2. The number of aromatic nitrogens is 2. The van der Waals surface area contributed by atoms with Crippen molar-refractivity contribution >= 4 is 23.1 Å². The Bertz CT molecular complexity index is 818. The van der Waals surface area contributed by atoms with E-state index in [-0.39, 0.29) is 12.5 Å². The van der Waals surface area contributed by atoms with E-state index in [4.69, 9.17) is 4.74 Å². The van der Waals surface area contributed by atoms with Crippen molar-refractivity contribution in [2.45, 2.75) is 6.92 Å². The fourth-order valence-electron chi connectivity index (χ4n) is 2.11. The smallest absolute Gasteiger partial charge is 0.262 e. The maximum absolute atomic E-state index is 11.9. The van der Waals surface area contributed by atoms with Gasteiger partial charge in [0, 0.05) is 11.4 Å². The molecule has 0 aliphatic carbocycles. The molecule has 0 unspecified atom stereocenters. The maximum Gasteiger partial charge on any atom is 0.262 e. The Hall–Kier alpha value is -3.41. The molecule has 3 rings (SSSR count). The third kappa shape index (κ3) is 5.04. The Morgan fingerprint density at radius 3 is 2.32 bits per heavy atom. The Morgan fingerprint density at radius 2 is 1.64 bits per heavy atom. The molecule has 126 valence electrons. The number of para-hydroxylation sites is 1. The number of carbonyl (C=O) groups is 1. The summed E-state index contributed by atoms with van der Waals surface area (Å²) in [5.41, 5.74) is 2.42. The van der Waals surface area contributed by atoms with Crippen molar-refractivity contribution in [2.75, 3.05) is 17.2 Å². The molecule has 2 aromatic carbocycles. The Kier molecular flexibility index (Phi) is 5.21. The molecule has 0 aliphatic rings. The average Bonchev–Trinajstić information content (AvgIpc) is 2.64. The minimum atomic E-state index is -0.214. The summed E-state index contributed by atoms with van der Waals surface area (Å²) in [6.45, 7) is 1.85. The number of anilines is 3. The van der Waals surface area contributed by atoms with Gasteiger partial charge >= 0.3 is 0 Å². The average molecular weight is 334 g/mol. The lowest BCUT2D eigenvalue weighted by atomic mass is 10.2. The Morgan fingerprint density at radius 1 is 0.920 bits per heavy atom. The van der Waals surface area contributed by atoms with Gasteiger partial charge in [-0.25, -0.2) is 0 Å². The quantitative estimate of drug-likeness (QED) is 0.721. The van der Waals surface area contributed by atoms with Gasteiger partial charge in [0.2, 0.25) is 0 Å². The molecule has 0 fully saturated rings. The first-order valence-electron chi connectivity index (χ1n) is 7.84. The highest BCUT2D eigenvalue weighted by molar-refractivity contribution is 5.92. The standard InChI is InChI=1S/C19H18N4O2/c1-14-7-12-18(23-22-14)20-15-8-10-16(11-9-15)21-19(24)13-25-17-5-3-2-4-6-17/h2-12H,13H2,1H3,(H,20,23)(H,21,24). The molecular formula is C19H18N4O2. The van der Waals surface area contributed by atoms with Crippen LogP contribution in [0.5, 0.6) is 5.75 Å². The number of nitrogens with zero attached hydrogens (tertiary/aromatic N) is 2. The lowest BCUT2D eigenvalue weighted by molar-refractivity contribution is -0.118. The predicted octanol–water partition coefficient (Wildman–Crippen LogP) is 3.55. The van der Waals surface area contributed by atoms with Crippen LogP contribution in [0.25, 0.3) is 0 Å². The van der Waals surface area contributed by atoms with Gasteiger partial charge in [0.25, 0.3) is 5.91 Å². The first-order valence-corrected chi connectivity index (χ1v) is 7.84. The number of benzene rings is 2. The fraction of sp³-hybridized carbons (Fsp3) is 0.105. The van der Waals surface area contributed by atoms with Crippen molar-refractivity contribution in [3.05, 3.63) is 72.4 Å². The summed E-state index contributed by atoms with van der Waals surface area (Å²) in [5.74, 6) is 1.11. The summed E-state index contributed by atoms with van der Waals surface area (Å²) in [7, 11) is 0. The normalized spacial score (nSPS) is 10.1. The van der Waals surface area contributed by atoms with Crippen molar-refractivity contribution in [1.82, 2.24) is 10.2 Å². The lowest BCUT2D eigenvalue weighted by Gasteiger charge is -2.09. The summed E-state index contributed by atoms with van der Waals surface area (Å²) in [6.07, 6.45) is 0. The summed E-state index contributed by atoms with van der Waals surface area (Å²) >= 11 is 0. The molecule has 2 N–H and O–H groups in total. The predicted molar refractivity (Wildman–Crippen MR) is 97.1 cm³/mol. The summed E-state index contributed by atoms with van der Waals surface area (Å²) in [4.78, 5) is 11.9. The minimum absolute atomic E-state index is 0.0387. The molecule has 1 aromatic heterocycles. The van der Waals surface area contributed by atoms with E-state index in [1.165, 1.54) is 0 Å². The van der Waals surface area contributed by atoms with Crippen molar-refractivity contribution in [2.24, 2.45) is 0 Å². The second kappa shape index (κ2) is 7.92. The summed E-state index contributed by atoms with van der Waals surface area (Å²) in [5, 5.41) is 14.0. The zero-order chi connectivity index (χ0) is 17.5. The van der Waals surface area contributed by atoms with Gasteiger partial charge < -0.3 is 15.4 Å². The maximum atomic E-state index is 11.9. The third-order valence-corrected chi connectivity index (χ3v) is 3.35. The molecule has 6 heteroatoms. The number of ether oxygens (including phenoxy) is 1. The molecular weight excluding hydrogens is 316 g/mol. The van der Waals surface area contributed by atoms with Crippen LogP contribution in [0.2, 0.25) is 0 Å². The van der Waals surface area contributed by atoms with Gasteiger partial charge in [-0.3, -0.25) is 4.79 Å². The molecule has 0 aliphatic heterocycles. The summed E-state index contributed by atoms with van der Waals surface area (Å²) < 4.78 is 5.41. The second-order valence-corrected chi connectivity index (χ2v) is 5.41. The van der Waals surface area contributed by atoms with Gasteiger partial charge in [-0.2, -0.15) is 5.10 Å². The highest BCUT2D eigenvalue weighted by Crippen LogP contribution is 2.17. The molecule has 3 aromatic rings. The number of nitrogens with one attached hydrogen (secondary N) is 2. The molecule has 6 nitrogen and oxygen atoms in total. The first kappa shape index (κ1) is 16.4. The van der Waals surface area contributed by atoms with E-state index in [0.29, 0.717) is 17.3 Å². The number of amides is 1. The number of hydrogen-bond donors (Lipinski definition) is 2. The minimum Gasteiger partial charge on any atom is -0.484 e. The van der Waals surface area contributed by atoms with Gasteiger partial charge in [0.05, 0.1) is 5.69 Å². The van der Waals surface area contributed by atoms with Gasteiger partial charge in [0.15, 0.2) is 12.4 Å². The van der Waals surface area contributed by atoms with Crippen molar-refractivity contribution in [1.29, 1.82) is 0 Å². The highest BCUT2D eigenvalue weighted by Gasteiger charge is 2.04. The van der Waals surface area contributed by atoms with Crippen LogP contribution < -0.4 is 15.4 Å². The van der Waals surface area contributed by atoms with Crippen LogP contribution in [0.1, 0.15) is 5.69 Å². The molecule has 25 heavy (non-hydrogen) atoms. The van der Waals surface area contributed by atoms with Crippen molar-refractivity contribution in [3.8, 4) is 5.75 Å². The van der Waals surface area contributed by atoms with Crippen molar-refractivity contribution in [3.63, 3.8) is 0 Å². The topological polar surface area (TPSA) is 76.1 Å². The second-order valence-electron chi connectivity index (χ2n) is 5.41.